The van der Waals surface area contributed by atoms with Crippen LogP contribution in [-0.2, 0) is 0 Å². The second-order valence-corrected chi connectivity index (χ2v) is 2.71. The molecule has 1 nitrogen and oxygen atoms in total. The number of nitrogens with two attached hydrogens (primary N) is 1. The summed E-state index contributed by atoms with van der Waals surface area (Å²) in [6.07, 6.45) is 0. The maximum absolute atomic E-state index is 12.1. The smallest absolute Gasteiger partial charge is 0.161 e. The molecule has 0 bridgehead atoms. The van der Waals surface area contributed by atoms with Crippen LogP contribution in [0.3, 0.4) is 0 Å². The highest BCUT2D eigenvalue weighted by molar-refractivity contribution is 14.1. The maximum Gasteiger partial charge on any atom is 0.161 e. The molecule has 0 aliphatic carbocycles. The van der Waals surface area contributed by atoms with E-state index >= 15 is 0 Å². The Bertz CT molecular complexity index is 94.2. The maximum atomic E-state index is 12.1. The van der Waals surface area contributed by atoms with Gasteiger partial charge >= 0.3 is 0 Å². The Morgan fingerprint density at radius 3 is 2.25 bits per heavy atom. The highest BCUT2D eigenvalue weighted by Crippen LogP contribution is 2.14. The first-order valence-electron chi connectivity index (χ1n) is 2.01. The van der Waals surface area contributed by atoms with Crippen molar-refractivity contribution in [1.82, 2.24) is 0 Å². The fraction of sp³-hybridized carbons (Fsp3) is 0.500. The summed E-state index contributed by atoms with van der Waals surface area (Å²) < 4.78 is 11.9. The Balaban J connectivity index is 3.86. The zero-order valence-corrected chi connectivity index (χ0v) is 7.87. The molecule has 0 saturated carbocycles. The molecule has 2 N–H and O–H groups in total. The molecular formula is C4H6BrFIN. The van der Waals surface area contributed by atoms with Crippen molar-refractivity contribution in [2.45, 2.75) is 0 Å². The van der Waals surface area contributed by atoms with Crippen LogP contribution in [0.1, 0.15) is 0 Å². The molecule has 0 aromatic heterocycles. The molecule has 0 fully saturated rings. The molecule has 0 aliphatic rings. The summed E-state index contributed by atoms with van der Waals surface area (Å²) in [6.45, 7) is 0.292. The molecule has 0 aromatic rings. The summed E-state index contributed by atoms with van der Waals surface area (Å²) in [5.41, 5.74) is 5.77. The summed E-state index contributed by atoms with van der Waals surface area (Å²) in [4.78, 5) is 0. The van der Waals surface area contributed by atoms with Gasteiger partial charge in [0.25, 0.3) is 0 Å². The average Bonchev–Trinajstić information content (AvgIpc) is 1.69. The van der Waals surface area contributed by atoms with Crippen molar-refractivity contribution in [2.24, 2.45) is 5.73 Å². The van der Waals surface area contributed by atoms with E-state index in [2.05, 4.69) is 15.9 Å². The topological polar surface area (TPSA) is 26.0 Å². The van der Waals surface area contributed by atoms with Gasteiger partial charge in [0.15, 0.2) is 3.83 Å². The minimum absolute atomic E-state index is 0.207. The van der Waals surface area contributed by atoms with Gasteiger partial charge < -0.3 is 5.73 Å². The van der Waals surface area contributed by atoms with E-state index in [1.165, 1.54) is 0 Å². The molecule has 4 heteroatoms. The average molecular weight is 294 g/mol. The highest BCUT2D eigenvalue weighted by Gasteiger charge is 1.96. The molecule has 0 aromatic carbocycles. The Kier molecular flexibility index (Phi) is 5.19. The number of hydrogen-bond acceptors (Lipinski definition) is 1. The summed E-state index contributed by atoms with van der Waals surface area (Å²) in [6, 6.07) is 0. The van der Waals surface area contributed by atoms with Crippen LogP contribution in [0.15, 0.2) is 9.41 Å². The largest absolute Gasteiger partial charge is 0.327 e. The zero-order chi connectivity index (χ0) is 6.57. The van der Waals surface area contributed by atoms with Crippen LogP contribution in [0.25, 0.3) is 0 Å². The highest BCUT2D eigenvalue weighted by atomic mass is 127. The van der Waals surface area contributed by atoms with E-state index in [0.717, 1.165) is 0 Å². The molecule has 0 rings (SSSR count). The van der Waals surface area contributed by atoms with Crippen molar-refractivity contribution in [3.63, 3.8) is 0 Å². The zero-order valence-electron chi connectivity index (χ0n) is 4.13. The predicted molar refractivity (Wildman–Crippen MR) is 45.0 cm³/mol. The van der Waals surface area contributed by atoms with E-state index in [0.29, 0.717) is 17.4 Å². The van der Waals surface area contributed by atoms with E-state index < -0.39 is 0 Å². The quantitative estimate of drug-likeness (QED) is 0.611. The number of hydrogen-bond donors (Lipinski definition) is 1. The third-order valence-electron chi connectivity index (χ3n) is 0.675. The molecule has 48 valence electrons. The van der Waals surface area contributed by atoms with Crippen LogP contribution in [0.4, 0.5) is 4.39 Å². The first kappa shape index (κ1) is 8.84. The van der Waals surface area contributed by atoms with Gasteiger partial charge in [-0.25, -0.2) is 0 Å². The molecule has 0 saturated heterocycles. The SMILES string of the molecule is NCC(CBr)=C(F)I. The summed E-state index contributed by atoms with van der Waals surface area (Å²) >= 11 is 4.70. The molecule has 0 heterocycles. The lowest BCUT2D eigenvalue weighted by Crippen LogP contribution is -2.04. The van der Waals surface area contributed by atoms with E-state index in [4.69, 9.17) is 5.73 Å². The lowest BCUT2D eigenvalue weighted by molar-refractivity contribution is 0.696. The van der Waals surface area contributed by atoms with Gasteiger partial charge in [0.2, 0.25) is 0 Å². The number of halogens is 3. The lowest BCUT2D eigenvalue weighted by Gasteiger charge is -1.94. The number of alkyl halides is 1. The number of rotatable bonds is 2. The Morgan fingerprint density at radius 2 is 2.25 bits per heavy atom. The van der Waals surface area contributed by atoms with Crippen LogP contribution in [0.5, 0.6) is 0 Å². The van der Waals surface area contributed by atoms with Crippen molar-refractivity contribution in [3.8, 4) is 0 Å². The second-order valence-electron chi connectivity index (χ2n) is 1.20. The third kappa shape index (κ3) is 2.99. The second kappa shape index (κ2) is 4.69. The normalized spacial score (nSPS) is 13.5. The molecule has 0 atom stereocenters. The van der Waals surface area contributed by atoms with Crippen molar-refractivity contribution < 1.29 is 4.39 Å². The summed E-state index contributed by atoms with van der Waals surface area (Å²) in [5, 5.41) is 0.526. The molecular weight excluding hydrogens is 288 g/mol. The first-order chi connectivity index (χ1) is 3.72. The monoisotopic (exact) mass is 293 g/mol. The van der Waals surface area contributed by atoms with E-state index in [9.17, 15) is 4.39 Å². The Labute approximate surface area is 69.8 Å². The third-order valence-corrected chi connectivity index (χ3v) is 2.11. The minimum atomic E-state index is -0.207. The van der Waals surface area contributed by atoms with Gasteiger partial charge in [-0.15, -0.1) is 0 Å². The van der Waals surface area contributed by atoms with Gasteiger partial charge in [0, 0.05) is 11.9 Å². The van der Waals surface area contributed by atoms with Gasteiger partial charge in [-0.2, -0.15) is 4.39 Å². The fourth-order valence-electron chi connectivity index (χ4n) is 0.182. The summed E-state index contributed by atoms with van der Waals surface area (Å²) in [5.74, 6) is 0. The van der Waals surface area contributed by atoms with Gasteiger partial charge in [-0.3, -0.25) is 0 Å². The Morgan fingerprint density at radius 1 is 1.75 bits per heavy atom. The van der Waals surface area contributed by atoms with Crippen molar-refractivity contribution >= 4 is 38.5 Å². The van der Waals surface area contributed by atoms with Crippen molar-refractivity contribution in [3.05, 3.63) is 9.41 Å². The van der Waals surface area contributed by atoms with Gasteiger partial charge in [-0.05, 0) is 28.2 Å². The Hall–Kier alpha value is 0.840. The van der Waals surface area contributed by atoms with Crippen LogP contribution >= 0.6 is 38.5 Å². The molecule has 0 amide bonds. The molecule has 0 unspecified atom stereocenters. The first-order valence-corrected chi connectivity index (χ1v) is 4.21. The van der Waals surface area contributed by atoms with Crippen LogP contribution in [-0.4, -0.2) is 11.9 Å². The van der Waals surface area contributed by atoms with Gasteiger partial charge in [0.05, 0.1) is 0 Å². The molecule has 0 aliphatic heterocycles. The molecule has 0 radical (unpaired) electrons. The van der Waals surface area contributed by atoms with Crippen LogP contribution < -0.4 is 5.73 Å². The van der Waals surface area contributed by atoms with Crippen molar-refractivity contribution in [2.75, 3.05) is 11.9 Å². The van der Waals surface area contributed by atoms with E-state index in [1.807, 2.05) is 0 Å². The predicted octanol–water partition coefficient (Wildman–Crippen LogP) is 1.96. The van der Waals surface area contributed by atoms with E-state index in [-0.39, 0.29) is 3.83 Å². The van der Waals surface area contributed by atoms with Crippen molar-refractivity contribution in [1.29, 1.82) is 0 Å². The summed E-state index contributed by atoms with van der Waals surface area (Å²) in [7, 11) is 0. The fourth-order valence-corrected chi connectivity index (χ4v) is 1.59. The van der Waals surface area contributed by atoms with Gasteiger partial charge in [-0.1, -0.05) is 15.9 Å². The molecule has 8 heavy (non-hydrogen) atoms. The molecule has 0 spiro atoms. The van der Waals surface area contributed by atoms with Gasteiger partial charge in [0.1, 0.15) is 0 Å². The minimum Gasteiger partial charge on any atom is -0.327 e. The van der Waals surface area contributed by atoms with Crippen LogP contribution in [0.2, 0.25) is 0 Å². The standard InChI is InChI=1S/C4H6BrFIN/c5-1-3(2-8)4(6)7/h1-2,8H2. The lowest BCUT2D eigenvalue weighted by atomic mass is 10.4. The van der Waals surface area contributed by atoms with E-state index in [1.54, 1.807) is 22.6 Å². The van der Waals surface area contributed by atoms with Crippen LogP contribution in [0, 0.1) is 0 Å².